The van der Waals surface area contributed by atoms with Crippen LogP contribution in [0.4, 0.5) is 5.82 Å². The zero-order chi connectivity index (χ0) is 18.7. The summed E-state index contributed by atoms with van der Waals surface area (Å²) in [5.41, 5.74) is 1.78. The number of hydrogen-bond donors (Lipinski definition) is 1. The first-order valence-corrected chi connectivity index (χ1v) is 8.87. The molecule has 7 nitrogen and oxygen atoms in total. The average molecular weight is 391 g/mol. The molecule has 3 aromatic rings. The van der Waals surface area contributed by atoms with Gasteiger partial charge in [-0.3, -0.25) is 9.48 Å². The Balaban J connectivity index is 1.57. The zero-order valence-electron chi connectivity index (χ0n) is 14.0. The summed E-state index contributed by atoms with van der Waals surface area (Å²) in [6, 6.07) is 8.86. The summed E-state index contributed by atoms with van der Waals surface area (Å²) in [5.74, 6) is -0.575. The van der Waals surface area contributed by atoms with Crippen LogP contribution < -0.4 is 5.32 Å². The topological polar surface area (TPSA) is 86.1 Å². The molecule has 0 aliphatic rings. The number of halogens is 1. The van der Waals surface area contributed by atoms with E-state index < -0.39 is 18.5 Å². The highest BCUT2D eigenvalue weighted by atomic mass is 35.5. The number of carbonyl (C=O) groups excluding carboxylic acids is 2. The molecular weight excluding hydrogens is 376 g/mol. The summed E-state index contributed by atoms with van der Waals surface area (Å²) in [6.45, 7) is 1.41. The SMILES string of the molecule is Cc1cc(NC(=O)COC(=O)c2csc(-c3ccc(Cl)cc3)n2)n(C)n1. The summed E-state index contributed by atoms with van der Waals surface area (Å²) in [7, 11) is 1.71. The molecule has 1 aromatic carbocycles. The lowest BCUT2D eigenvalue weighted by atomic mass is 10.2. The van der Waals surface area contributed by atoms with Crippen molar-refractivity contribution in [3.05, 3.63) is 52.1 Å². The minimum Gasteiger partial charge on any atom is -0.451 e. The minimum atomic E-state index is -0.655. The van der Waals surface area contributed by atoms with Crippen molar-refractivity contribution in [2.75, 3.05) is 11.9 Å². The van der Waals surface area contributed by atoms with Crippen molar-refractivity contribution in [2.24, 2.45) is 7.05 Å². The molecule has 0 atom stereocenters. The number of hydrogen-bond acceptors (Lipinski definition) is 6. The van der Waals surface area contributed by atoms with Crippen molar-refractivity contribution in [1.29, 1.82) is 0 Å². The maximum absolute atomic E-state index is 12.1. The van der Waals surface area contributed by atoms with Gasteiger partial charge in [0.1, 0.15) is 10.8 Å². The number of amides is 1. The fourth-order valence-corrected chi connectivity index (χ4v) is 3.13. The van der Waals surface area contributed by atoms with Gasteiger partial charge in [0, 0.05) is 29.1 Å². The number of aromatic nitrogens is 3. The van der Waals surface area contributed by atoms with E-state index in [-0.39, 0.29) is 5.69 Å². The van der Waals surface area contributed by atoms with E-state index in [1.54, 1.807) is 30.6 Å². The zero-order valence-corrected chi connectivity index (χ0v) is 15.6. The molecule has 0 spiro atoms. The number of benzene rings is 1. The van der Waals surface area contributed by atoms with Crippen LogP contribution in [0.15, 0.2) is 35.7 Å². The van der Waals surface area contributed by atoms with Crippen molar-refractivity contribution in [3.63, 3.8) is 0 Å². The Morgan fingerprint density at radius 3 is 2.69 bits per heavy atom. The molecule has 3 rings (SSSR count). The Bertz CT molecular complexity index is 949. The van der Waals surface area contributed by atoms with Crippen LogP contribution >= 0.6 is 22.9 Å². The number of thiazole rings is 1. The van der Waals surface area contributed by atoms with Gasteiger partial charge in [-0.1, -0.05) is 23.7 Å². The van der Waals surface area contributed by atoms with E-state index in [9.17, 15) is 9.59 Å². The standard InChI is InChI=1S/C17H15ClN4O3S/c1-10-7-14(22(2)21-10)20-15(23)8-25-17(24)13-9-26-16(19-13)11-3-5-12(18)6-4-11/h3-7,9H,8H2,1-2H3,(H,20,23). The molecule has 26 heavy (non-hydrogen) atoms. The van der Waals surface area contributed by atoms with E-state index in [1.807, 2.05) is 19.1 Å². The molecule has 134 valence electrons. The van der Waals surface area contributed by atoms with E-state index in [1.165, 1.54) is 16.0 Å². The van der Waals surface area contributed by atoms with E-state index in [0.29, 0.717) is 15.8 Å². The lowest BCUT2D eigenvalue weighted by Gasteiger charge is -2.05. The van der Waals surface area contributed by atoms with Crippen molar-refractivity contribution in [2.45, 2.75) is 6.92 Å². The number of rotatable bonds is 5. The number of nitrogens with zero attached hydrogens (tertiary/aromatic N) is 3. The van der Waals surface area contributed by atoms with Gasteiger partial charge in [-0.2, -0.15) is 5.10 Å². The van der Waals surface area contributed by atoms with Crippen LogP contribution in [0.2, 0.25) is 5.02 Å². The van der Waals surface area contributed by atoms with Crippen LogP contribution in [-0.4, -0.2) is 33.2 Å². The molecule has 0 aliphatic carbocycles. The Morgan fingerprint density at radius 1 is 1.31 bits per heavy atom. The molecule has 1 N–H and O–H groups in total. The molecule has 9 heteroatoms. The summed E-state index contributed by atoms with van der Waals surface area (Å²) in [6.07, 6.45) is 0. The molecule has 0 bridgehead atoms. The van der Waals surface area contributed by atoms with Gasteiger partial charge in [0.15, 0.2) is 12.3 Å². The van der Waals surface area contributed by atoms with Crippen molar-refractivity contribution >= 4 is 40.6 Å². The first kappa shape index (κ1) is 18.1. The fraction of sp³-hybridized carbons (Fsp3) is 0.176. The molecule has 1 amide bonds. The summed E-state index contributed by atoms with van der Waals surface area (Å²) in [4.78, 5) is 28.2. The lowest BCUT2D eigenvalue weighted by Crippen LogP contribution is -2.22. The Labute approximate surface area is 158 Å². The summed E-state index contributed by atoms with van der Waals surface area (Å²) >= 11 is 7.17. The normalized spacial score (nSPS) is 10.6. The summed E-state index contributed by atoms with van der Waals surface area (Å²) < 4.78 is 6.56. The third kappa shape index (κ3) is 4.27. The van der Waals surface area contributed by atoms with Gasteiger partial charge in [0.25, 0.3) is 5.91 Å². The molecule has 0 fully saturated rings. The quantitative estimate of drug-likeness (QED) is 0.675. The number of nitrogens with one attached hydrogen (secondary N) is 1. The first-order valence-electron chi connectivity index (χ1n) is 7.61. The number of esters is 1. The number of aryl methyl sites for hydroxylation is 2. The van der Waals surface area contributed by atoms with E-state index >= 15 is 0 Å². The average Bonchev–Trinajstić information content (AvgIpc) is 3.20. The van der Waals surface area contributed by atoms with Gasteiger partial charge >= 0.3 is 5.97 Å². The Morgan fingerprint density at radius 2 is 2.04 bits per heavy atom. The molecule has 0 aliphatic heterocycles. The van der Waals surface area contributed by atoms with E-state index in [4.69, 9.17) is 16.3 Å². The number of carbonyl (C=O) groups is 2. The lowest BCUT2D eigenvalue weighted by molar-refractivity contribution is -0.119. The molecule has 0 saturated heterocycles. The second kappa shape index (κ2) is 7.67. The number of ether oxygens (including phenoxy) is 1. The largest absolute Gasteiger partial charge is 0.451 e. The highest BCUT2D eigenvalue weighted by Gasteiger charge is 2.15. The van der Waals surface area contributed by atoms with Crippen LogP contribution in [0.1, 0.15) is 16.2 Å². The molecular formula is C17H15ClN4O3S. The van der Waals surface area contributed by atoms with Crippen molar-refractivity contribution in [1.82, 2.24) is 14.8 Å². The Hall–Kier alpha value is -2.71. The van der Waals surface area contributed by atoms with Gasteiger partial charge in [0.05, 0.1) is 5.69 Å². The van der Waals surface area contributed by atoms with Gasteiger partial charge < -0.3 is 10.1 Å². The predicted molar refractivity (Wildman–Crippen MR) is 99.4 cm³/mol. The smallest absolute Gasteiger partial charge is 0.358 e. The second-order valence-electron chi connectivity index (χ2n) is 5.46. The van der Waals surface area contributed by atoms with Crippen LogP contribution in [0.25, 0.3) is 10.6 Å². The van der Waals surface area contributed by atoms with Crippen LogP contribution in [0.3, 0.4) is 0 Å². The number of anilines is 1. The maximum Gasteiger partial charge on any atom is 0.358 e. The van der Waals surface area contributed by atoms with Gasteiger partial charge in [-0.25, -0.2) is 9.78 Å². The monoisotopic (exact) mass is 390 g/mol. The third-order valence-corrected chi connectivity index (χ3v) is 4.55. The van der Waals surface area contributed by atoms with Crippen LogP contribution in [-0.2, 0) is 16.6 Å². The van der Waals surface area contributed by atoms with Crippen LogP contribution in [0, 0.1) is 6.92 Å². The highest BCUT2D eigenvalue weighted by molar-refractivity contribution is 7.13. The predicted octanol–water partition coefficient (Wildman–Crippen LogP) is 3.30. The van der Waals surface area contributed by atoms with Crippen molar-refractivity contribution in [3.8, 4) is 10.6 Å². The summed E-state index contributed by atoms with van der Waals surface area (Å²) in [5, 5.41) is 9.64. The van der Waals surface area contributed by atoms with Crippen LogP contribution in [0.5, 0.6) is 0 Å². The Kier molecular flexibility index (Phi) is 5.34. The molecule has 0 saturated carbocycles. The second-order valence-corrected chi connectivity index (χ2v) is 6.76. The van der Waals surface area contributed by atoms with Gasteiger partial charge in [0.2, 0.25) is 0 Å². The first-order chi connectivity index (χ1) is 12.4. The molecule has 2 aromatic heterocycles. The van der Waals surface area contributed by atoms with E-state index in [0.717, 1.165) is 11.3 Å². The maximum atomic E-state index is 12.1. The van der Waals surface area contributed by atoms with Gasteiger partial charge in [-0.05, 0) is 19.1 Å². The minimum absolute atomic E-state index is 0.157. The third-order valence-electron chi connectivity index (χ3n) is 3.41. The van der Waals surface area contributed by atoms with Crippen molar-refractivity contribution < 1.29 is 14.3 Å². The molecule has 2 heterocycles. The van der Waals surface area contributed by atoms with E-state index in [2.05, 4.69) is 15.4 Å². The molecule has 0 unspecified atom stereocenters. The highest BCUT2D eigenvalue weighted by Crippen LogP contribution is 2.25. The molecule has 0 radical (unpaired) electrons. The fourth-order valence-electron chi connectivity index (χ4n) is 2.20. The van der Waals surface area contributed by atoms with Gasteiger partial charge in [-0.15, -0.1) is 11.3 Å².